The lowest BCUT2D eigenvalue weighted by Crippen LogP contribution is -2.15. The van der Waals surface area contributed by atoms with E-state index in [1.807, 2.05) is 30.8 Å². The average Bonchev–Trinajstić information content (AvgIpc) is 2.25. The van der Waals surface area contributed by atoms with Gasteiger partial charge in [0.1, 0.15) is 0 Å². The first-order chi connectivity index (χ1) is 7.22. The smallest absolute Gasteiger partial charge is 0.0681 e. The van der Waals surface area contributed by atoms with Crippen LogP contribution in [-0.4, -0.2) is 16.9 Å². The van der Waals surface area contributed by atoms with Crippen molar-refractivity contribution in [2.45, 2.75) is 31.7 Å². The van der Waals surface area contributed by atoms with Crippen LogP contribution < -0.4 is 5.73 Å². The second kappa shape index (κ2) is 6.88. The number of hydrogen-bond donors (Lipinski definition) is 2. The normalized spacial score (nSPS) is 12.7. The van der Waals surface area contributed by atoms with E-state index >= 15 is 0 Å². The van der Waals surface area contributed by atoms with Crippen LogP contribution in [0.1, 0.15) is 24.5 Å². The fourth-order valence-electron chi connectivity index (χ4n) is 1.20. The lowest BCUT2D eigenvalue weighted by atomic mass is 10.2. The van der Waals surface area contributed by atoms with Gasteiger partial charge in [0.25, 0.3) is 0 Å². The monoisotopic (exact) mass is 225 g/mol. The summed E-state index contributed by atoms with van der Waals surface area (Å²) in [6.07, 6.45) is 1.07. The van der Waals surface area contributed by atoms with E-state index < -0.39 is 0 Å². The predicted octanol–water partition coefficient (Wildman–Crippen LogP) is 2.15. The van der Waals surface area contributed by atoms with Gasteiger partial charge >= 0.3 is 0 Å². The molecule has 3 heteroatoms. The van der Waals surface area contributed by atoms with Crippen molar-refractivity contribution < 1.29 is 5.11 Å². The van der Waals surface area contributed by atoms with Gasteiger partial charge in [-0.3, -0.25) is 0 Å². The first-order valence-corrected chi connectivity index (χ1v) is 6.40. The summed E-state index contributed by atoms with van der Waals surface area (Å²) in [5.74, 6) is 2.14. The molecule has 1 rings (SSSR count). The lowest BCUT2D eigenvalue weighted by Gasteiger charge is -2.05. The summed E-state index contributed by atoms with van der Waals surface area (Å²) in [4.78, 5) is 0. The zero-order valence-corrected chi connectivity index (χ0v) is 9.96. The molecule has 15 heavy (non-hydrogen) atoms. The van der Waals surface area contributed by atoms with Crippen molar-refractivity contribution >= 4 is 11.8 Å². The molecule has 0 saturated heterocycles. The third-order valence-corrected chi connectivity index (χ3v) is 3.25. The van der Waals surface area contributed by atoms with E-state index in [0.29, 0.717) is 6.04 Å². The van der Waals surface area contributed by atoms with Crippen LogP contribution in [-0.2, 0) is 12.4 Å². The van der Waals surface area contributed by atoms with Crippen LogP contribution in [0.2, 0.25) is 0 Å². The Morgan fingerprint density at radius 3 is 2.40 bits per heavy atom. The minimum absolute atomic E-state index is 0.123. The molecule has 2 nitrogen and oxygen atoms in total. The third kappa shape index (κ3) is 5.21. The Kier molecular flexibility index (Phi) is 5.76. The Hall–Kier alpha value is -0.510. The van der Waals surface area contributed by atoms with E-state index in [1.165, 1.54) is 5.56 Å². The van der Waals surface area contributed by atoms with Crippen molar-refractivity contribution in [3.05, 3.63) is 35.4 Å². The molecule has 1 atom stereocenters. The van der Waals surface area contributed by atoms with E-state index in [4.69, 9.17) is 10.8 Å². The van der Waals surface area contributed by atoms with Crippen molar-refractivity contribution in [1.29, 1.82) is 0 Å². The number of hydrogen-bond acceptors (Lipinski definition) is 3. The Balaban J connectivity index is 2.25. The molecule has 0 bridgehead atoms. The van der Waals surface area contributed by atoms with Crippen LogP contribution in [0.4, 0.5) is 0 Å². The van der Waals surface area contributed by atoms with Crippen LogP contribution in [0.15, 0.2) is 24.3 Å². The highest BCUT2D eigenvalue weighted by molar-refractivity contribution is 7.98. The van der Waals surface area contributed by atoms with Gasteiger partial charge in [0.2, 0.25) is 0 Å². The molecular weight excluding hydrogens is 206 g/mol. The average molecular weight is 225 g/mol. The zero-order chi connectivity index (χ0) is 11.1. The number of thioether (sulfide) groups is 1. The SMILES string of the molecule is CC(N)CCSCc1ccc(CO)cc1. The van der Waals surface area contributed by atoms with Gasteiger partial charge in [-0.15, -0.1) is 0 Å². The minimum Gasteiger partial charge on any atom is -0.392 e. The van der Waals surface area contributed by atoms with Crippen LogP contribution in [0.3, 0.4) is 0 Å². The number of nitrogens with two attached hydrogens (primary N) is 1. The molecule has 0 aromatic heterocycles. The number of aliphatic hydroxyl groups excluding tert-OH is 1. The second-order valence-corrected chi connectivity index (χ2v) is 4.90. The molecule has 0 aliphatic heterocycles. The zero-order valence-electron chi connectivity index (χ0n) is 9.15. The number of aliphatic hydroxyl groups is 1. The summed E-state index contributed by atoms with van der Waals surface area (Å²) in [5.41, 5.74) is 7.95. The molecule has 0 fully saturated rings. The summed E-state index contributed by atoms with van der Waals surface area (Å²) in [7, 11) is 0. The van der Waals surface area contributed by atoms with Gasteiger partial charge in [-0.05, 0) is 30.2 Å². The number of benzene rings is 1. The summed E-state index contributed by atoms with van der Waals surface area (Å²) in [6, 6.07) is 8.40. The fraction of sp³-hybridized carbons (Fsp3) is 0.500. The molecule has 0 spiro atoms. The van der Waals surface area contributed by atoms with Gasteiger partial charge in [0.15, 0.2) is 0 Å². The van der Waals surface area contributed by atoms with E-state index in [0.717, 1.165) is 23.5 Å². The van der Waals surface area contributed by atoms with Crippen LogP contribution >= 0.6 is 11.8 Å². The van der Waals surface area contributed by atoms with Crippen LogP contribution in [0.25, 0.3) is 0 Å². The van der Waals surface area contributed by atoms with Gasteiger partial charge in [0, 0.05) is 11.8 Å². The number of rotatable bonds is 6. The van der Waals surface area contributed by atoms with Gasteiger partial charge in [0.05, 0.1) is 6.61 Å². The maximum atomic E-state index is 8.88. The molecule has 0 radical (unpaired) electrons. The van der Waals surface area contributed by atoms with Crippen molar-refractivity contribution in [2.75, 3.05) is 5.75 Å². The highest BCUT2D eigenvalue weighted by atomic mass is 32.2. The molecule has 0 aliphatic rings. The topological polar surface area (TPSA) is 46.2 Å². The Bertz CT molecular complexity index is 271. The van der Waals surface area contributed by atoms with Crippen molar-refractivity contribution in [1.82, 2.24) is 0 Å². The van der Waals surface area contributed by atoms with Crippen molar-refractivity contribution in [3.8, 4) is 0 Å². The summed E-state index contributed by atoms with van der Waals surface area (Å²) < 4.78 is 0. The maximum absolute atomic E-state index is 8.88. The van der Waals surface area contributed by atoms with Gasteiger partial charge in [-0.1, -0.05) is 24.3 Å². The van der Waals surface area contributed by atoms with E-state index in [-0.39, 0.29) is 6.61 Å². The summed E-state index contributed by atoms with van der Waals surface area (Å²) in [5, 5.41) is 8.88. The summed E-state index contributed by atoms with van der Waals surface area (Å²) >= 11 is 1.91. The molecule has 0 saturated carbocycles. The van der Waals surface area contributed by atoms with Crippen molar-refractivity contribution in [2.24, 2.45) is 5.73 Å². The predicted molar refractivity (Wildman–Crippen MR) is 66.8 cm³/mol. The lowest BCUT2D eigenvalue weighted by molar-refractivity contribution is 0.282. The minimum atomic E-state index is 0.123. The fourth-order valence-corrected chi connectivity index (χ4v) is 2.31. The van der Waals surface area contributed by atoms with Gasteiger partial charge < -0.3 is 10.8 Å². The molecule has 1 aromatic carbocycles. The molecule has 1 aromatic rings. The highest BCUT2D eigenvalue weighted by Crippen LogP contribution is 2.14. The molecule has 0 aliphatic carbocycles. The maximum Gasteiger partial charge on any atom is 0.0681 e. The molecule has 0 amide bonds. The van der Waals surface area contributed by atoms with Gasteiger partial charge in [-0.2, -0.15) is 11.8 Å². The first kappa shape index (κ1) is 12.6. The van der Waals surface area contributed by atoms with Gasteiger partial charge in [-0.25, -0.2) is 0 Å². The molecular formula is C12H19NOS. The van der Waals surface area contributed by atoms with Crippen molar-refractivity contribution in [3.63, 3.8) is 0 Å². The Labute approximate surface area is 95.9 Å². The van der Waals surface area contributed by atoms with Crippen LogP contribution in [0, 0.1) is 0 Å². The highest BCUT2D eigenvalue weighted by Gasteiger charge is 1.97. The standard InChI is InChI=1S/C12H19NOS/c1-10(13)6-7-15-9-12-4-2-11(8-14)3-5-12/h2-5,10,14H,6-9,13H2,1H3. The Morgan fingerprint density at radius 1 is 1.27 bits per heavy atom. The molecule has 84 valence electrons. The van der Waals surface area contributed by atoms with E-state index in [9.17, 15) is 0 Å². The Morgan fingerprint density at radius 2 is 1.87 bits per heavy atom. The largest absolute Gasteiger partial charge is 0.392 e. The first-order valence-electron chi connectivity index (χ1n) is 5.24. The molecule has 3 N–H and O–H groups in total. The molecule has 1 unspecified atom stereocenters. The van der Waals surface area contributed by atoms with E-state index in [2.05, 4.69) is 12.1 Å². The second-order valence-electron chi connectivity index (χ2n) is 3.79. The quantitative estimate of drug-likeness (QED) is 0.729. The third-order valence-electron chi connectivity index (χ3n) is 2.19. The van der Waals surface area contributed by atoms with E-state index in [1.54, 1.807) is 0 Å². The van der Waals surface area contributed by atoms with Crippen LogP contribution in [0.5, 0.6) is 0 Å². The molecule has 0 heterocycles. The summed E-state index contributed by atoms with van der Waals surface area (Å²) in [6.45, 7) is 2.16.